The van der Waals surface area contributed by atoms with Crippen LogP contribution >= 0.6 is 0 Å². The van der Waals surface area contributed by atoms with Crippen LogP contribution in [0.1, 0.15) is 47.1 Å². The molecule has 1 aromatic carbocycles. The third-order valence-corrected chi connectivity index (χ3v) is 7.44. The molecule has 4 aromatic rings. The third kappa shape index (κ3) is 4.25. The molecule has 3 aromatic heterocycles. The molecule has 1 aliphatic carbocycles. The first-order valence-corrected chi connectivity index (χ1v) is 12.6. The molecule has 0 radical (unpaired) electrons. The molecule has 192 valence electrons. The number of pyridine rings is 1. The van der Waals surface area contributed by atoms with Crippen molar-refractivity contribution in [1.82, 2.24) is 24.4 Å². The summed E-state index contributed by atoms with van der Waals surface area (Å²) in [6.45, 7) is 10.7. The maximum atomic E-state index is 14.5. The highest BCUT2D eigenvalue weighted by Crippen LogP contribution is 2.43. The van der Waals surface area contributed by atoms with E-state index in [4.69, 9.17) is 4.74 Å². The number of carbonyl (C=O) groups excluding carboxylic acids is 1. The number of benzene rings is 1. The number of halogens is 1. The predicted octanol–water partition coefficient (Wildman–Crippen LogP) is 4.26. The Bertz CT molecular complexity index is 1530. The molecule has 10 heteroatoms. The van der Waals surface area contributed by atoms with Crippen molar-refractivity contribution in [3.05, 3.63) is 59.1 Å². The number of nitrogens with one attached hydrogen (secondary N) is 1. The first-order chi connectivity index (χ1) is 17.7. The summed E-state index contributed by atoms with van der Waals surface area (Å²) in [5.74, 6) is -0.354. The molecule has 37 heavy (non-hydrogen) atoms. The highest BCUT2D eigenvalue weighted by molar-refractivity contribution is 6.06. The number of anilines is 2. The summed E-state index contributed by atoms with van der Waals surface area (Å²) in [5, 5.41) is 11.3. The smallest absolute Gasteiger partial charge is 0.256 e. The van der Waals surface area contributed by atoms with Crippen molar-refractivity contribution in [2.45, 2.75) is 46.1 Å². The first kappa shape index (κ1) is 23.6. The van der Waals surface area contributed by atoms with Gasteiger partial charge >= 0.3 is 0 Å². The SMILES string of the molecule is Cc1nc2c(N3CCOCC3)cc(-c3cc(C(=O)Nc4cn(C5(C)CC5)nc4F)c(C)cc3C)cn2n1. The Morgan fingerprint density at radius 3 is 2.54 bits per heavy atom. The molecule has 1 saturated heterocycles. The fourth-order valence-electron chi connectivity index (χ4n) is 4.98. The fraction of sp³-hybridized carbons (Fsp3) is 0.407. The molecule has 6 rings (SSSR count). The lowest BCUT2D eigenvalue weighted by atomic mass is 9.95. The van der Waals surface area contributed by atoms with E-state index in [1.54, 1.807) is 15.4 Å². The summed E-state index contributed by atoms with van der Waals surface area (Å²) in [6, 6.07) is 5.97. The molecule has 2 fully saturated rings. The van der Waals surface area contributed by atoms with Gasteiger partial charge in [-0.25, -0.2) is 9.50 Å². The molecule has 0 bridgehead atoms. The standard InChI is InChI=1S/C27H30FN7O2/c1-16-11-17(2)21(26(36)30-22-15-35(32-24(22)28)27(4)5-6-27)13-20(16)19-12-23(33-7-9-37-10-8-33)25-29-18(3)31-34(25)14-19/h11-15H,5-10H2,1-4H3,(H,30,36). The van der Waals surface area contributed by atoms with Gasteiger partial charge in [-0.3, -0.25) is 9.48 Å². The van der Waals surface area contributed by atoms with E-state index >= 15 is 0 Å². The number of rotatable bonds is 5. The summed E-state index contributed by atoms with van der Waals surface area (Å²) < 4.78 is 23.5. The second-order valence-electron chi connectivity index (χ2n) is 10.4. The Hall–Kier alpha value is -3.79. The van der Waals surface area contributed by atoms with E-state index in [0.29, 0.717) is 24.6 Å². The fourth-order valence-corrected chi connectivity index (χ4v) is 4.98. The van der Waals surface area contributed by atoms with Gasteiger partial charge in [-0.05, 0) is 69.4 Å². The molecule has 0 atom stereocenters. The lowest BCUT2D eigenvalue weighted by Crippen LogP contribution is -2.36. The molecule has 1 N–H and O–H groups in total. The average molecular weight is 504 g/mol. The zero-order chi connectivity index (χ0) is 25.9. The van der Waals surface area contributed by atoms with Gasteiger partial charge in [-0.2, -0.15) is 9.49 Å². The number of nitrogens with zero attached hydrogens (tertiary/aromatic N) is 6. The Morgan fingerprint density at radius 1 is 1.05 bits per heavy atom. The van der Waals surface area contributed by atoms with Gasteiger partial charge in [0.15, 0.2) is 5.65 Å². The van der Waals surface area contributed by atoms with Crippen LogP contribution in [0.2, 0.25) is 0 Å². The highest BCUT2D eigenvalue weighted by Gasteiger charge is 2.41. The van der Waals surface area contributed by atoms with Gasteiger partial charge in [0.05, 0.1) is 30.6 Å². The van der Waals surface area contributed by atoms with Gasteiger partial charge in [-0.1, -0.05) is 6.07 Å². The number of fused-ring (bicyclic) bond motifs is 1. The van der Waals surface area contributed by atoms with Gasteiger partial charge in [0.1, 0.15) is 11.5 Å². The van der Waals surface area contributed by atoms with E-state index in [9.17, 15) is 9.18 Å². The molecule has 1 amide bonds. The zero-order valence-corrected chi connectivity index (χ0v) is 21.5. The maximum Gasteiger partial charge on any atom is 0.256 e. The minimum atomic E-state index is -0.673. The molecular formula is C27H30FN7O2. The van der Waals surface area contributed by atoms with Crippen LogP contribution in [0.15, 0.2) is 30.6 Å². The van der Waals surface area contributed by atoms with E-state index in [1.807, 2.05) is 46.0 Å². The van der Waals surface area contributed by atoms with E-state index in [2.05, 4.69) is 31.5 Å². The molecule has 1 saturated carbocycles. The van der Waals surface area contributed by atoms with Crippen molar-refractivity contribution in [1.29, 1.82) is 0 Å². The Morgan fingerprint density at radius 2 is 1.81 bits per heavy atom. The Balaban J connectivity index is 1.38. The maximum absolute atomic E-state index is 14.5. The van der Waals surface area contributed by atoms with Crippen molar-refractivity contribution in [3.8, 4) is 11.1 Å². The van der Waals surface area contributed by atoms with E-state index in [1.165, 1.54) is 0 Å². The minimum absolute atomic E-state index is 0.0914. The van der Waals surface area contributed by atoms with Gasteiger partial charge in [-0.15, -0.1) is 5.10 Å². The van der Waals surface area contributed by atoms with Crippen molar-refractivity contribution < 1.29 is 13.9 Å². The number of hydrogen-bond acceptors (Lipinski definition) is 6. The number of hydrogen-bond donors (Lipinski definition) is 1. The lowest BCUT2D eigenvalue weighted by molar-refractivity contribution is 0.102. The second-order valence-corrected chi connectivity index (χ2v) is 10.4. The Labute approximate surface area is 214 Å². The van der Waals surface area contributed by atoms with Crippen molar-refractivity contribution in [2.24, 2.45) is 0 Å². The third-order valence-electron chi connectivity index (χ3n) is 7.44. The van der Waals surface area contributed by atoms with E-state index in [-0.39, 0.29) is 17.1 Å². The molecule has 2 aliphatic rings. The topological polar surface area (TPSA) is 89.6 Å². The molecular weight excluding hydrogens is 473 g/mol. The first-order valence-electron chi connectivity index (χ1n) is 12.6. The number of aryl methyl sites for hydroxylation is 3. The number of aromatic nitrogens is 5. The second kappa shape index (κ2) is 8.65. The van der Waals surface area contributed by atoms with Crippen molar-refractivity contribution in [3.63, 3.8) is 0 Å². The van der Waals surface area contributed by atoms with Gasteiger partial charge < -0.3 is 15.0 Å². The molecule has 1 aliphatic heterocycles. The monoisotopic (exact) mass is 503 g/mol. The van der Waals surface area contributed by atoms with Crippen LogP contribution < -0.4 is 10.2 Å². The molecule has 9 nitrogen and oxygen atoms in total. The van der Waals surface area contributed by atoms with Crippen LogP contribution in [0.3, 0.4) is 0 Å². The van der Waals surface area contributed by atoms with Gasteiger partial charge in [0.25, 0.3) is 11.9 Å². The normalized spacial score (nSPS) is 16.8. The van der Waals surface area contributed by atoms with Crippen LogP contribution in [0, 0.1) is 26.7 Å². The number of carbonyl (C=O) groups is 1. The quantitative estimate of drug-likeness (QED) is 0.438. The Kier molecular flexibility index (Phi) is 5.52. The predicted molar refractivity (Wildman–Crippen MR) is 139 cm³/mol. The largest absolute Gasteiger partial charge is 0.378 e. The van der Waals surface area contributed by atoms with Crippen molar-refractivity contribution in [2.75, 3.05) is 36.5 Å². The molecule has 0 unspecified atom stereocenters. The molecule has 0 spiro atoms. The van der Waals surface area contributed by atoms with Gasteiger partial charge in [0, 0.05) is 30.4 Å². The average Bonchev–Trinajstić information content (AvgIpc) is 3.34. The number of morpholine rings is 1. The van der Waals surface area contributed by atoms with Crippen LogP contribution in [0.5, 0.6) is 0 Å². The minimum Gasteiger partial charge on any atom is -0.378 e. The summed E-state index contributed by atoms with van der Waals surface area (Å²) in [6.07, 6.45) is 5.42. The van der Waals surface area contributed by atoms with Crippen LogP contribution in [-0.2, 0) is 10.3 Å². The summed E-state index contributed by atoms with van der Waals surface area (Å²) in [5.41, 5.74) is 5.85. The van der Waals surface area contributed by atoms with E-state index in [0.717, 1.165) is 59.5 Å². The highest BCUT2D eigenvalue weighted by atomic mass is 19.1. The van der Waals surface area contributed by atoms with E-state index < -0.39 is 5.95 Å². The summed E-state index contributed by atoms with van der Waals surface area (Å²) >= 11 is 0. The lowest BCUT2D eigenvalue weighted by Gasteiger charge is -2.29. The van der Waals surface area contributed by atoms with Crippen LogP contribution in [0.4, 0.5) is 15.8 Å². The number of amides is 1. The number of ether oxygens (including phenoxy) is 1. The molecule has 4 heterocycles. The van der Waals surface area contributed by atoms with Crippen LogP contribution in [-0.4, -0.2) is 56.6 Å². The zero-order valence-electron chi connectivity index (χ0n) is 21.5. The van der Waals surface area contributed by atoms with Crippen molar-refractivity contribution >= 4 is 22.9 Å². The summed E-state index contributed by atoms with van der Waals surface area (Å²) in [4.78, 5) is 20.2. The van der Waals surface area contributed by atoms with Gasteiger partial charge in [0.2, 0.25) is 0 Å². The van der Waals surface area contributed by atoms with Crippen LogP contribution in [0.25, 0.3) is 16.8 Å². The summed E-state index contributed by atoms with van der Waals surface area (Å²) in [7, 11) is 0.